The molecule has 0 saturated carbocycles. The molecule has 0 radical (unpaired) electrons. The smallest absolute Gasteiger partial charge is 0.314 e. The summed E-state index contributed by atoms with van der Waals surface area (Å²) in [4.78, 5) is 17.6. The minimum Gasteiger partial charge on any atom is -0.314 e. The van der Waals surface area contributed by atoms with Gasteiger partial charge in [-0.15, -0.1) is 0 Å². The molecule has 0 bridgehead atoms. The Morgan fingerprint density at radius 3 is 2.71 bits per heavy atom. The molecule has 2 atom stereocenters. The van der Waals surface area contributed by atoms with Gasteiger partial charge < -0.3 is 4.90 Å². The van der Waals surface area contributed by atoms with Crippen LogP contribution in [0.2, 0.25) is 5.02 Å². The third-order valence-electron chi connectivity index (χ3n) is 4.56. The first-order chi connectivity index (χ1) is 13.0. The lowest BCUT2D eigenvalue weighted by atomic mass is 10.1. The van der Waals surface area contributed by atoms with E-state index >= 15 is 0 Å². The number of aliphatic imine (C=N–C) groups is 1. The number of unbranched alkanes of at least 4 members (excludes halogenated alkanes) is 1. The van der Waals surface area contributed by atoms with Crippen LogP contribution in [0, 0.1) is 0 Å². The van der Waals surface area contributed by atoms with Crippen LogP contribution in [-0.4, -0.2) is 42.3 Å². The van der Waals surface area contributed by atoms with E-state index in [2.05, 4.69) is 4.99 Å². The summed E-state index contributed by atoms with van der Waals surface area (Å²) >= 11 is 7.27. The Morgan fingerprint density at radius 1 is 1.36 bits per heavy atom. The largest absolute Gasteiger partial charge is 0.416 e. The fourth-order valence-corrected chi connectivity index (χ4v) is 7.34. The Kier molecular flexibility index (Phi) is 6.03. The molecule has 5 nitrogen and oxygen atoms in total. The first-order valence-corrected chi connectivity index (χ1v) is 11.7. The number of halogens is 4. The Labute approximate surface area is 170 Å². The van der Waals surface area contributed by atoms with Crippen LogP contribution in [0.25, 0.3) is 0 Å². The van der Waals surface area contributed by atoms with Crippen molar-refractivity contribution in [1.29, 1.82) is 0 Å². The lowest BCUT2D eigenvalue weighted by Gasteiger charge is -2.26. The Balaban J connectivity index is 2.05. The monoisotopic (exact) mass is 454 g/mol. The van der Waals surface area contributed by atoms with Gasteiger partial charge in [0, 0.05) is 11.7 Å². The van der Waals surface area contributed by atoms with E-state index in [0.29, 0.717) is 6.42 Å². The zero-order chi connectivity index (χ0) is 20.7. The van der Waals surface area contributed by atoms with Crippen molar-refractivity contribution < 1.29 is 26.4 Å². The molecule has 0 aliphatic carbocycles. The highest BCUT2D eigenvalue weighted by Crippen LogP contribution is 2.44. The van der Waals surface area contributed by atoms with Crippen LogP contribution < -0.4 is 4.90 Å². The molecule has 0 unspecified atom stereocenters. The van der Waals surface area contributed by atoms with Crippen molar-refractivity contribution in [2.24, 2.45) is 4.99 Å². The van der Waals surface area contributed by atoms with Gasteiger partial charge in [-0.1, -0.05) is 36.7 Å². The van der Waals surface area contributed by atoms with Gasteiger partial charge in [0.2, 0.25) is 5.91 Å². The third-order valence-corrected chi connectivity index (χ3v) is 8.09. The van der Waals surface area contributed by atoms with E-state index in [4.69, 9.17) is 11.6 Å². The molecule has 0 N–H and O–H groups in total. The van der Waals surface area contributed by atoms with Crippen molar-refractivity contribution in [3.8, 4) is 0 Å². The van der Waals surface area contributed by atoms with E-state index in [9.17, 15) is 26.4 Å². The Hall–Kier alpha value is -1.26. The van der Waals surface area contributed by atoms with E-state index in [1.165, 1.54) is 4.90 Å². The minimum absolute atomic E-state index is 0.00985. The fraction of sp³-hybridized carbons (Fsp3) is 0.529. The van der Waals surface area contributed by atoms with Gasteiger partial charge in [0.15, 0.2) is 15.0 Å². The van der Waals surface area contributed by atoms with Gasteiger partial charge in [0.1, 0.15) is 0 Å². The number of hydrogen-bond donors (Lipinski definition) is 0. The summed E-state index contributed by atoms with van der Waals surface area (Å²) in [6.45, 7) is 1.93. The maximum Gasteiger partial charge on any atom is 0.416 e. The lowest BCUT2D eigenvalue weighted by Crippen LogP contribution is -2.38. The molecule has 0 spiro atoms. The van der Waals surface area contributed by atoms with E-state index < -0.39 is 32.9 Å². The summed E-state index contributed by atoms with van der Waals surface area (Å²) in [6.07, 6.45) is -2.91. The molecular weight excluding hydrogens is 437 g/mol. The van der Waals surface area contributed by atoms with Crippen LogP contribution in [0.15, 0.2) is 23.2 Å². The van der Waals surface area contributed by atoms with E-state index in [1.807, 2.05) is 6.92 Å². The van der Waals surface area contributed by atoms with Crippen molar-refractivity contribution in [2.75, 3.05) is 16.4 Å². The molecular formula is C17H18ClF3N2O3S2. The maximum atomic E-state index is 13.2. The van der Waals surface area contributed by atoms with Crippen LogP contribution in [-0.2, 0) is 20.8 Å². The Morgan fingerprint density at radius 2 is 2.07 bits per heavy atom. The van der Waals surface area contributed by atoms with Crippen molar-refractivity contribution in [3.63, 3.8) is 0 Å². The third kappa shape index (κ3) is 4.49. The molecule has 1 aromatic rings. The number of sulfone groups is 1. The van der Waals surface area contributed by atoms with Gasteiger partial charge >= 0.3 is 6.18 Å². The fourth-order valence-electron chi connectivity index (χ4n) is 3.21. The van der Waals surface area contributed by atoms with Crippen LogP contribution in [0.3, 0.4) is 0 Å². The molecule has 1 aromatic carbocycles. The molecule has 0 aromatic heterocycles. The number of anilines is 1. The predicted molar refractivity (Wildman–Crippen MR) is 105 cm³/mol. The van der Waals surface area contributed by atoms with Crippen molar-refractivity contribution in [3.05, 3.63) is 28.8 Å². The topological polar surface area (TPSA) is 66.8 Å². The number of carbonyl (C=O) groups excluding carboxylic acids is 1. The van der Waals surface area contributed by atoms with E-state index in [0.717, 1.165) is 36.4 Å². The number of thioether (sulfide) groups is 1. The van der Waals surface area contributed by atoms with E-state index in [1.54, 1.807) is 0 Å². The first-order valence-electron chi connectivity index (χ1n) is 8.66. The Bertz CT molecular complexity index is 919. The number of amides is 1. The maximum absolute atomic E-state index is 13.2. The van der Waals surface area contributed by atoms with Crippen molar-refractivity contribution >= 4 is 50.0 Å². The molecule has 2 aliphatic rings. The van der Waals surface area contributed by atoms with Gasteiger partial charge in [-0.05, 0) is 24.6 Å². The number of hydrogen-bond acceptors (Lipinski definition) is 4. The number of nitrogens with zero attached hydrogens (tertiary/aromatic N) is 2. The molecule has 2 aliphatic heterocycles. The summed E-state index contributed by atoms with van der Waals surface area (Å²) in [5.74, 6) is -0.725. The van der Waals surface area contributed by atoms with Gasteiger partial charge in [-0.25, -0.2) is 8.42 Å². The van der Waals surface area contributed by atoms with Crippen LogP contribution in [0.5, 0.6) is 0 Å². The van der Waals surface area contributed by atoms with Gasteiger partial charge in [-0.3, -0.25) is 4.79 Å². The summed E-state index contributed by atoms with van der Waals surface area (Å²) in [7, 11) is -3.33. The molecule has 28 heavy (non-hydrogen) atoms. The zero-order valence-corrected chi connectivity index (χ0v) is 17.3. The average Bonchev–Trinajstić information content (AvgIpc) is 3.03. The molecule has 154 valence electrons. The summed E-state index contributed by atoms with van der Waals surface area (Å²) in [6, 6.07) is 2.25. The van der Waals surface area contributed by atoms with Crippen molar-refractivity contribution in [1.82, 2.24) is 0 Å². The van der Waals surface area contributed by atoms with Gasteiger partial charge in [-0.2, -0.15) is 18.2 Å². The zero-order valence-electron chi connectivity index (χ0n) is 14.9. The molecule has 11 heteroatoms. The predicted octanol–water partition coefficient (Wildman–Crippen LogP) is 4.15. The highest BCUT2D eigenvalue weighted by Gasteiger charge is 2.50. The highest BCUT2D eigenvalue weighted by atomic mass is 35.5. The lowest BCUT2D eigenvalue weighted by molar-refractivity contribution is -0.137. The highest BCUT2D eigenvalue weighted by molar-refractivity contribution is 8.16. The number of alkyl halides is 3. The number of amidine groups is 1. The standard InChI is InChI=1S/C17H18ClF3N2O3S2/c1-2-3-4-15(24)22-16-23(13-8-28(25,26)9-14(13)27-16)12-7-10(17(19,20)21)5-6-11(12)18/h5-7,13-14H,2-4,8-9H2,1H3/t13-,14-/m1/s1. The summed E-state index contributed by atoms with van der Waals surface area (Å²) < 4.78 is 63.6. The molecule has 2 fully saturated rings. The van der Waals surface area contributed by atoms with Gasteiger partial charge in [0.25, 0.3) is 0 Å². The van der Waals surface area contributed by atoms with E-state index in [-0.39, 0.29) is 39.7 Å². The minimum atomic E-state index is -4.58. The molecule has 2 heterocycles. The van der Waals surface area contributed by atoms with Crippen LogP contribution >= 0.6 is 23.4 Å². The molecule has 2 saturated heterocycles. The second kappa shape index (κ2) is 7.87. The first kappa shape index (κ1) is 21.4. The van der Waals surface area contributed by atoms with Crippen molar-refractivity contribution in [2.45, 2.75) is 43.7 Å². The van der Waals surface area contributed by atoms with Crippen LogP contribution in [0.1, 0.15) is 31.7 Å². The number of rotatable bonds is 4. The number of fused-ring (bicyclic) bond motifs is 1. The summed E-state index contributed by atoms with van der Waals surface area (Å²) in [5, 5.41) is -0.173. The normalized spacial score (nSPS) is 25.3. The SMILES string of the molecule is CCCCC(=O)N=C1S[C@@H]2CS(=O)(=O)C[C@H]2N1c1cc(C(F)(F)F)ccc1Cl. The second-order valence-electron chi connectivity index (χ2n) is 6.73. The quantitative estimate of drug-likeness (QED) is 0.683. The molecule has 3 rings (SSSR count). The van der Waals surface area contributed by atoms with Crippen LogP contribution in [0.4, 0.5) is 18.9 Å². The molecule has 1 amide bonds. The summed E-state index contributed by atoms with van der Waals surface area (Å²) in [5.41, 5.74) is -0.895. The number of carbonyl (C=O) groups is 1. The van der Waals surface area contributed by atoms with Gasteiger partial charge in [0.05, 0.1) is 33.8 Å². The average molecular weight is 455 g/mol. The number of benzene rings is 1. The second-order valence-corrected chi connectivity index (χ2v) is 10.5.